The Morgan fingerprint density at radius 2 is 1.96 bits per heavy atom. The lowest BCUT2D eigenvalue weighted by molar-refractivity contribution is -0.137. The van der Waals surface area contributed by atoms with Gasteiger partial charge in [-0.1, -0.05) is 23.9 Å². The van der Waals surface area contributed by atoms with E-state index in [0.29, 0.717) is 35.4 Å². The van der Waals surface area contributed by atoms with Crippen molar-refractivity contribution in [2.75, 3.05) is 13.7 Å². The van der Waals surface area contributed by atoms with Gasteiger partial charge in [0.1, 0.15) is 16.8 Å². The normalized spacial score (nSPS) is 16.4. The van der Waals surface area contributed by atoms with Crippen molar-refractivity contribution in [2.45, 2.75) is 16.8 Å². The molecule has 3 aromatic rings. The van der Waals surface area contributed by atoms with E-state index in [1.54, 1.807) is 42.0 Å². The van der Waals surface area contributed by atoms with Crippen LogP contribution in [0.25, 0.3) is 17.1 Å². The monoisotopic (exact) mass is 385 g/mol. The third-order valence-electron chi connectivity index (χ3n) is 4.21. The molecular weight excluding hydrogens is 369 g/mol. The summed E-state index contributed by atoms with van der Waals surface area (Å²) in [5, 5.41) is 8.55. The quantitative estimate of drug-likeness (QED) is 0.627. The highest BCUT2D eigenvalue weighted by Gasteiger charge is 2.30. The predicted octanol–water partition coefficient (Wildman–Crippen LogP) is 3.49. The second-order valence-electron chi connectivity index (χ2n) is 5.88. The summed E-state index contributed by atoms with van der Waals surface area (Å²) in [6.07, 6.45) is 0.589. The number of cyclic esters (lactones) is 1. The molecule has 1 saturated heterocycles. The van der Waals surface area contributed by atoms with Crippen LogP contribution in [0.2, 0.25) is 0 Å². The molecule has 0 radical (unpaired) electrons. The summed E-state index contributed by atoms with van der Waals surface area (Å²) in [6, 6.07) is 13.7. The van der Waals surface area contributed by atoms with Gasteiger partial charge >= 0.3 is 5.97 Å². The summed E-state index contributed by atoms with van der Waals surface area (Å²) in [4.78, 5) is 11.9. The molecule has 0 aliphatic carbocycles. The van der Waals surface area contributed by atoms with Crippen molar-refractivity contribution in [3.05, 3.63) is 54.3 Å². The standard InChI is InChI=1S/C19H16FN3O3S/c1-25-13-8-6-12(7-9-13)17-21-22-19(27-16-10-11-26-18(16)24)23(17)15-5-3-2-4-14(15)20/h2-9,16H,10-11H2,1H3/t16-/m0/s1. The molecule has 4 rings (SSSR count). The third-order valence-corrected chi connectivity index (χ3v) is 5.40. The molecule has 138 valence electrons. The fourth-order valence-electron chi connectivity index (χ4n) is 2.84. The molecule has 6 nitrogen and oxygen atoms in total. The van der Waals surface area contributed by atoms with E-state index in [0.717, 1.165) is 5.56 Å². The lowest BCUT2D eigenvalue weighted by Gasteiger charge is -2.12. The number of halogens is 1. The zero-order valence-electron chi connectivity index (χ0n) is 14.5. The Labute approximate surface area is 159 Å². The van der Waals surface area contributed by atoms with Crippen molar-refractivity contribution in [2.24, 2.45) is 0 Å². The first kappa shape index (κ1) is 17.5. The van der Waals surface area contributed by atoms with Crippen molar-refractivity contribution >= 4 is 17.7 Å². The summed E-state index contributed by atoms with van der Waals surface area (Å²) in [5.41, 5.74) is 1.08. The Balaban J connectivity index is 1.81. The minimum atomic E-state index is -0.400. The number of ether oxygens (including phenoxy) is 2. The van der Waals surface area contributed by atoms with Gasteiger partial charge in [-0.3, -0.25) is 9.36 Å². The van der Waals surface area contributed by atoms with Crippen LogP contribution in [0.1, 0.15) is 6.42 Å². The van der Waals surface area contributed by atoms with Gasteiger partial charge in [0.2, 0.25) is 0 Å². The van der Waals surface area contributed by atoms with E-state index in [1.165, 1.54) is 17.8 Å². The number of benzene rings is 2. The summed E-state index contributed by atoms with van der Waals surface area (Å²) in [7, 11) is 1.59. The topological polar surface area (TPSA) is 66.2 Å². The maximum Gasteiger partial charge on any atom is 0.319 e. The molecule has 2 heterocycles. The molecule has 0 N–H and O–H groups in total. The molecule has 0 amide bonds. The number of carbonyl (C=O) groups is 1. The van der Waals surface area contributed by atoms with E-state index in [2.05, 4.69) is 10.2 Å². The van der Waals surface area contributed by atoms with E-state index < -0.39 is 5.82 Å². The zero-order valence-corrected chi connectivity index (χ0v) is 15.3. The van der Waals surface area contributed by atoms with Crippen LogP contribution in [0.5, 0.6) is 5.75 Å². The summed E-state index contributed by atoms with van der Waals surface area (Å²) >= 11 is 1.24. The predicted molar refractivity (Wildman–Crippen MR) is 98.5 cm³/mol. The molecule has 0 saturated carbocycles. The minimum Gasteiger partial charge on any atom is -0.497 e. The van der Waals surface area contributed by atoms with Crippen LogP contribution >= 0.6 is 11.8 Å². The van der Waals surface area contributed by atoms with E-state index in [-0.39, 0.29) is 11.2 Å². The molecule has 0 bridgehead atoms. The second-order valence-corrected chi connectivity index (χ2v) is 7.05. The van der Waals surface area contributed by atoms with Crippen LogP contribution in [0.15, 0.2) is 53.7 Å². The van der Waals surface area contributed by atoms with Gasteiger partial charge in [0.25, 0.3) is 0 Å². The number of nitrogens with zero attached hydrogens (tertiary/aromatic N) is 3. The Morgan fingerprint density at radius 3 is 2.63 bits per heavy atom. The number of carbonyl (C=O) groups excluding carboxylic acids is 1. The maximum absolute atomic E-state index is 14.5. The van der Waals surface area contributed by atoms with Crippen molar-refractivity contribution in [3.8, 4) is 22.8 Å². The highest BCUT2D eigenvalue weighted by molar-refractivity contribution is 8.00. The molecule has 1 aliphatic heterocycles. The average molecular weight is 385 g/mol. The van der Waals surface area contributed by atoms with Crippen LogP contribution in [0.4, 0.5) is 4.39 Å². The number of hydrogen-bond donors (Lipinski definition) is 0. The number of hydrogen-bond acceptors (Lipinski definition) is 6. The van der Waals surface area contributed by atoms with Gasteiger partial charge in [0.15, 0.2) is 11.0 Å². The molecule has 27 heavy (non-hydrogen) atoms. The fourth-order valence-corrected chi connectivity index (χ4v) is 3.85. The molecule has 2 aromatic carbocycles. The summed E-state index contributed by atoms with van der Waals surface area (Å²) in [6.45, 7) is 0.385. The van der Waals surface area contributed by atoms with Crippen LogP contribution in [-0.4, -0.2) is 39.7 Å². The molecule has 1 aromatic heterocycles. The maximum atomic E-state index is 14.5. The molecule has 0 unspecified atom stereocenters. The Hall–Kier alpha value is -2.87. The molecular formula is C19H16FN3O3S. The van der Waals surface area contributed by atoms with Crippen LogP contribution < -0.4 is 4.74 Å². The van der Waals surface area contributed by atoms with E-state index in [4.69, 9.17) is 9.47 Å². The highest BCUT2D eigenvalue weighted by atomic mass is 32.2. The second kappa shape index (κ2) is 7.40. The highest BCUT2D eigenvalue weighted by Crippen LogP contribution is 2.34. The summed E-state index contributed by atoms with van der Waals surface area (Å²) < 4.78 is 26.4. The van der Waals surface area contributed by atoms with Gasteiger partial charge in [-0.05, 0) is 36.4 Å². The van der Waals surface area contributed by atoms with Gasteiger partial charge in [0, 0.05) is 12.0 Å². The first-order valence-electron chi connectivity index (χ1n) is 8.35. The Morgan fingerprint density at radius 1 is 1.19 bits per heavy atom. The first-order chi connectivity index (χ1) is 13.2. The Kier molecular flexibility index (Phi) is 4.81. The average Bonchev–Trinajstić information content (AvgIpc) is 3.29. The van der Waals surface area contributed by atoms with Gasteiger partial charge in [-0.25, -0.2) is 4.39 Å². The lowest BCUT2D eigenvalue weighted by atomic mass is 10.2. The number of rotatable bonds is 5. The first-order valence-corrected chi connectivity index (χ1v) is 9.23. The van der Waals surface area contributed by atoms with Crippen molar-refractivity contribution < 1.29 is 18.7 Å². The van der Waals surface area contributed by atoms with Crippen molar-refractivity contribution in [1.82, 2.24) is 14.8 Å². The third kappa shape index (κ3) is 3.40. The number of esters is 1. The molecule has 1 atom stereocenters. The molecule has 1 fully saturated rings. The van der Waals surface area contributed by atoms with E-state index in [9.17, 15) is 9.18 Å². The Bertz CT molecular complexity index is 975. The van der Waals surface area contributed by atoms with Crippen LogP contribution in [-0.2, 0) is 9.53 Å². The van der Waals surface area contributed by atoms with Gasteiger partial charge in [-0.15, -0.1) is 10.2 Å². The SMILES string of the molecule is COc1ccc(-c2nnc(S[C@H]3CCOC3=O)n2-c2ccccc2F)cc1. The minimum absolute atomic E-state index is 0.283. The number of thioether (sulfide) groups is 1. The molecule has 1 aliphatic rings. The molecule has 8 heteroatoms. The lowest BCUT2D eigenvalue weighted by Crippen LogP contribution is -2.11. The van der Waals surface area contributed by atoms with Crippen molar-refractivity contribution in [1.29, 1.82) is 0 Å². The largest absolute Gasteiger partial charge is 0.497 e. The number of methoxy groups -OCH3 is 1. The fraction of sp³-hybridized carbons (Fsp3) is 0.211. The smallest absolute Gasteiger partial charge is 0.319 e. The zero-order chi connectivity index (χ0) is 18.8. The van der Waals surface area contributed by atoms with E-state index >= 15 is 0 Å². The van der Waals surface area contributed by atoms with Crippen molar-refractivity contribution in [3.63, 3.8) is 0 Å². The van der Waals surface area contributed by atoms with Gasteiger partial charge in [-0.2, -0.15) is 0 Å². The summed E-state index contributed by atoms with van der Waals surface area (Å²) in [5.74, 6) is 0.507. The van der Waals surface area contributed by atoms with Gasteiger partial charge < -0.3 is 9.47 Å². The van der Waals surface area contributed by atoms with Crippen LogP contribution in [0, 0.1) is 5.82 Å². The van der Waals surface area contributed by atoms with E-state index in [1.807, 2.05) is 12.1 Å². The molecule has 0 spiro atoms. The number of para-hydroxylation sites is 1. The number of aromatic nitrogens is 3. The van der Waals surface area contributed by atoms with Crippen LogP contribution in [0.3, 0.4) is 0 Å². The van der Waals surface area contributed by atoms with Gasteiger partial charge in [0.05, 0.1) is 19.4 Å².